The molecular weight excluding hydrogens is 198 g/mol. The van der Waals surface area contributed by atoms with Crippen LogP contribution in [0, 0.1) is 13.8 Å². The standard InChI is InChI=1S/C14H19NO/c1-10-7-6-8-11(2)13(10)15-12(3)9-16-14(15,4)5/h6-9H,1-5H3. The average Bonchev–Trinajstić information content (AvgIpc) is 2.44. The second-order valence-corrected chi connectivity index (χ2v) is 4.90. The molecule has 0 bridgehead atoms. The highest BCUT2D eigenvalue weighted by molar-refractivity contribution is 5.64. The van der Waals surface area contributed by atoms with Crippen LogP contribution in [0.1, 0.15) is 31.9 Å². The van der Waals surface area contributed by atoms with Gasteiger partial charge in [-0.3, -0.25) is 0 Å². The molecule has 1 heterocycles. The second kappa shape index (κ2) is 3.55. The molecule has 1 aromatic carbocycles. The van der Waals surface area contributed by atoms with Crippen molar-refractivity contribution in [3.63, 3.8) is 0 Å². The Hall–Kier alpha value is -1.44. The van der Waals surface area contributed by atoms with E-state index in [1.54, 1.807) is 0 Å². The van der Waals surface area contributed by atoms with Gasteiger partial charge in [0.1, 0.15) is 6.26 Å². The summed E-state index contributed by atoms with van der Waals surface area (Å²) in [6.45, 7) is 10.5. The molecule has 0 radical (unpaired) electrons. The van der Waals surface area contributed by atoms with Gasteiger partial charge < -0.3 is 9.64 Å². The van der Waals surface area contributed by atoms with Gasteiger partial charge in [-0.25, -0.2) is 0 Å². The summed E-state index contributed by atoms with van der Waals surface area (Å²) < 4.78 is 5.69. The van der Waals surface area contributed by atoms with E-state index in [2.05, 4.69) is 57.7 Å². The number of nitrogens with zero attached hydrogens (tertiary/aromatic N) is 1. The van der Waals surface area contributed by atoms with Crippen molar-refractivity contribution in [3.8, 4) is 0 Å². The Bertz CT molecular complexity index is 426. The number of allylic oxidation sites excluding steroid dienone is 1. The van der Waals surface area contributed by atoms with Gasteiger partial charge in [0.25, 0.3) is 0 Å². The smallest absolute Gasteiger partial charge is 0.180 e. The first-order valence-electron chi connectivity index (χ1n) is 5.64. The van der Waals surface area contributed by atoms with Crippen LogP contribution in [0.25, 0.3) is 0 Å². The van der Waals surface area contributed by atoms with E-state index < -0.39 is 0 Å². The Balaban J connectivity index is 2.56. The first-order chi connectivity index (χ1) is 7.43. The lowest BCUT2D eigenvalue weighted by atomic mass is 10.1. The van der Waals surface area contributed by atoms with Gasteiger partial charge in [0.2, 0.25) is 0 Å². The molecule has 86 valence electrons. The maximum atomic E-state index is 5.69. The number of hydrogen-bond acceptors (Lipinski definition) is 2. The Morgan fingerprint density at radius 2 is 1.62 bits per heavy atom. The molecule has 1 aromatic rings. The van der Waals surface area contributed by atoms with Gasteiger partial charge >= 0.3 is 0 Å². The Kier molecular flexibility index (Phi) is 2.45. The summed E-state index contributed by atoms with van der Waals surface area (Å²) in [7, 11) is 0. The molecule has 0 amide bonds. The largest absolute Gasteiger partial charge is 0.474 e. The SMILES string of the molecule is CC1=COC(C)(C)N1c1c(C)cccc1C. The zero-order valence-electron chi connectivity index (χ0n) is 10.7. The van der Waals surface area contributed by atoms with E-state index in [0.717, 1.165) is 5.70 Å². The maximum absolute atomic E-state index is 5.69. The summed E-state index contributed by atoms with van der Waals surface area (Å²) >= 11 is 0. The van der Waals surface area contributed by atoms with Crippen molar-refractivity contribution in [2.24, 2.45) is 0 Å². The van der Waals surface area contributed by atoms with Crippen LogP contribution in [0.3, 0.4) is 0 Å². The molecule has 1 aliphatic heterocycles. The van der Waals surface area contributed by atoms with Gasteiger partial charge in [0.15, 0.2) is 5.72 Å². The maximum Gasteiger partial charge on any atom is 0.180 e. The van der Waals surface area contributed by atoms with Gasteiger partial charge in [-0.05, 0) is 45.7 Å². The molecule has 16 heavy (non-hydrogen) atoms. The van der Waals surface area contributed by atoms with Crippen LogP contribution in [0.2, 0.25) is 0 Å². The predicted octanol–water partition coefficient (Wildman–Crippen LogP) is 3.74. The lowest BCUT2D eigenvalue weighted by molar-refractivity contribution is 0.0842. The van der Waals surface area contributed by atoms with Crippen LogP contribution < -0.4 is 4.90 Å². The molecule has 0 N–H and O–H groups in total. The van der Waals surface area contributed by atoms with Crippen LogP contribution in [-0.2, 0) is 4.74 Å². The molecule has 0 spiro atoms. The third kappa shape index (κ3) is 1.58. The number of benzene rings is 1. The average molecular weight is 217 g/mol. The molecule has 0 fully saturated rings. The zero-order chi connectivity index (χ0) is 11.9. The minimum Gasteiger partial charge on any atom is -0.474 e. The third-order valence-electron chi connectivity index (χ3n) is 3.07. The van der Waals surface area contributed by atoms with E-state index in [1.807, 2.05) is 6.26 Å². The van der Waals surface area contributed by atoms with E-state index in [9.17, 15) is 0 Å². The minimum absolute atomic E-state index is 0.291. The van der Waals surface area contributed by atoms with Crippen molar-refractivity contribution < 1.29 is 4.74 Å². The summed E-state index contributed by atoms with van der Waals surface area (Å²) in [5.74, 6) is 0. The van der Waals surface area contributed by atoms with E-state index in [0.29, 0.717) is 0 Å². The van der Waals surface area contributed by atoms with Crippen molar-refractivity contribution in [2.75, 3.05) is 4.90 Å². The van der Waals surface area contributed by atoms with Crippen molar-refractivity contribution in [2.45, 2.75) is 40.3 Å². The van der Waals surface area contributed by atoms with Crippen LogP contribution >= 0.6 is 0 Å². The quantitative estimate of drug-likeness (QED) is 0.710. The molecule has 0 aromatic heterocycles. The van der Waals surface area contributed by atoms with Gasteiger partial charge in [-0.1, -0.05) is 18.2 Å². The summed E-state index contributed by atoms with van der Waals surface area (Å²) in [6, 6.07) is 6.38. The Morgan fingerprint density at radius 3 is 2.06 bits per heavy atom. The second-order valence-electron chi connectivity index (χ2n) is 4.90. The van der Waals surface area contributed by atoms with Crippen molar-refractivity contribution >= 4 is 5.69 Å². The fourth-order valence-electron chi connectivity index (χ4n) is 2.36. The lowest BCUT2D eigenvalue weighted by Gasteiger charge is -2.35. The highest BCUT2D eigenvalue weighted by Gasteiger charge is 2.35. The fourth-order valence-corrected chi connectivity index (χ4v) is 2.36. The molecule has 2 nitrogen and oxygen atoms in total. The minimum atomic E-state index is -0.291. The summed E-state index contributed by atoms with van der Waals surface area (Å²) in [5.41, 5.74) is 4.69. The summed E-state index contributed by atoms with van der Waals surface area (Å²) in [4.78, 5) is 2.26. The molecule has 2 heteroatoms. The fraction of sp³-hybridized carbons (Fsp3) is 0.429. The number of rotatable bonds is 1. The lowest BCUT2D eigenvalue weighted by Crippen LogP contribution is -2.40. The summed E-state index contributed by atoms with van der Waals surface area (Å²) in [6.07, 6.45) is 1.84. The Morgan fingerprint density at radius 1 is 1.06 bits per heavy atom. The molecule has 0 atom stereocenters. The van der Waals surface area contributed by atoms with Crippen LogP contribution in [0.5, 0.6) is 0 Å². The molecule has 0 saturated carbocycles. The van der Waals surface area contributed by atoms with Crippen molar-refractivity contribution in [1.29, 1.82) is 0 Å². The highest BCUT2D eigenvalue weighted by atomic mass is 16.5. The van der Waals surface area contributed by atoms with Crippen LogP contribution in [-0.4, -0.2) is 5.72 Å². The Labute approximate surface area is 97.5 Å². The molecule has 0 saturated heterocycles. The van der Waals surface area contributed by atoms with Gasteiger partial charge in [0, 0.05) is 0 Å². The highest BCUT2D eigenvalue weighted by Crippen LogP contribution is 2.38. The van der Waals surface area contributed by atoms with Gasteiger partial charge in [-0.2, -0.15) is 0 Å². The van der Waals surface area contributed by atoms with Crippen molar-refractivity contribution in [1.82, 2.24) is 0 Å². The monoisotopic (exact) mass is 217 g/mol. The molecule has 1 aliphatic rings. The number of para-hydroxylation sites is 1. The number of aryl methyl sites for hydroxylation is 2. The topological polar surface area (TPSA) is 12.5 Å². The van der Waals surface area contributed by atoms with Crippen molar-refractivity contribution in [3.05, 3.63) is 41.3 Å². The van der Waals surface area contributed by atoms with E-state index in [-0.39, 0.29) is 5.72 Å². The number of hydrogen-bond donors (Lipinski definition) is 0. The normalized spacial score (nSPS) is 18.3. The number of ether oxygens (including phenoxy) is 1. The van der Waals surface area contributed by atoms with Gasteiger partial charge in [-0.15, -0.1) is 0 Å². The predicted molar refractivity (Wildman–Crippen MR) is 67.3 cm³/mol. The molecule has 0 aliphatic carbocycles. The first kappa shape index (κ1) is 11.1. The summed E-state index contributed by atoms with van der Waals surface area (Å²) in [5, 5.41) is 0. The van der Waals surface area contributed by atoms with E-state index >= 15 is 0 Å². The van der Waals surface area contributed by atoms with Crippen LogP contribution in [0.15, 0.2) is 30.2 Å². The van der Waals surface area contributed by atoms with E-state index in [1.165, 1.54) is 16.8 Å². The zero-order valence-corrected chi connectivity index (χ0v) is 10.7. The first-order valence-corrected chi connectivity index (χ1v) is 5.64. The van der Waals surface area contributed by atoms with E-state index in [4.69, 9.17) is 4.74 Å². The van der Waals surface area contributed by atoms with Gasteiger partial charge in [0.05, 0.1) is 11.4 Å². The molecular formula is C14H19NO. The molecule has 2 rings (SSSR count). The number of anilines is 1. The van der Waals surface area contributed by atoms with Crippen LogP contribution in [0.4, 0.5) is 5.69 Å². The third-order valence-corrected chi connectivity index (χ3v) is 3.07. The molecule has 0 unspecified atom stereocenters.